The minimum absolute atomic E-state index is 0.0787. The van der Waals surface area contributed by atoms with E-state index in [-0.39, 0.29) is 11.0 Å². The highest BCUT2D eigenvalue weighted by atomic mass is 32.2. The molecule has 3 aromatic carbocycles. The molecule has 1 heterocycles. The van der Waals surface area contributed by atoms with E-state index < -0.39 is 22.5 Å². The van der Waals surface area contributed by atoms with Crippen molar-refractivity contribution in [3.63, 3.8) is 0 Å². The van der Waals surface area contributed by atoms with Crippen molar-refractivity contribution < 1.29 is 22.7 Å². The number of hydrogen-bond donors (Lipinski definition) is 1. The topological polar surface area (TPSA) is 97.3 Å². The van der Waals surface area contributed by atoms with Gasteiger partial charge in [0.25, 0.3) is 15.9 Å². The Balaban J connectivity index is 1.47. The number of hydrogen-bond acceptors (Lipinski definition) is 7. The van der Waals surface area contributed by atoms with Crippen molar-refractivity contribution in [2.24, 2.45) is 5.10 Å². The van der Waals surface area contributed by atoms with Crippen molar-refractivity contribution in [2.45, 2.75) is 17.9 Å². The molecule has 0 aromatic heterocycles. The van der Waals surface area contributed by atoms with E-state index in [4.69, 9.17) is 9.47 Å². The highest BCUT2D eigenvalue weighted by Gasteiger charge is 2.27. The van der Waals surface area contributed by atoms with Crippen LogP contribution >= 0.6 is 11.8 Å². The van der Waals surface area contributed by atoms with E-state index in [1.807, 2.05) is 43.0 Å². The largest absolute Gasteiger partial charge is 0.497 e. The summed E-state index contributed by atoms with van der Waals surface area (Å²) in [6, 6.07) is 20.4. The predicted octanol–water partition coefficient (Wildman–Crippen LogP) is 3.84. The predicted molar refractivity (Wildman–Crippen MR) is 143 cm³/mol. The highest BCUT2D eigenvalue weighted by Crippen LogP contribution is 2.27. The number of aryl methyl sites for hydroxylation is 1. The molecule has 0 saturated carbocycles. The molecule has 10 heteroatoms. The summed E-state index contributed by atoms with van der Waals surface area (Å²) in [6.45, 7) is 1.41. The van der Waals surface area contributed by atoms with Gasteiger partial charge in [-0.15, -0.1) is 0 Å². The summed E-state index contributed by atoms with van der Waals surface area (Å²) in [5.41, 5.74) is 4.41. The van der Waals surface area contributed by atoms with Gasteiger partial charge in [-0.2, -0.15) is 16.9 Å². The first-order valence-corrected chi connectivity index (χ1v) is 13.8. The summed E-state index contributed by atoms with van der Waals surface area (Å²) in [6.07, 6.45) is 1.75. The lowest BCUT2D eigenvalue weighted by molar-refractivity contribution is -0.119. The number of ether oxygens (including phenoxy) is 2. The monoisotopic (exact) mass is 525 g/mol. The fraction of sp³-hybridized carbons (Fsp3) is 0.231. The molecule has 0 atom stereocenters. The van der Waals surface area contributed by atoms with Gasteiger partial charge in [-0.25, -0.2) is 13.8 Å². The first kappa shape index (κ1) is 25.6. The fourth-order valence-corrected chi connectivity index (χ4v) is 5.35. The van der Waals surface area contributed by atoms with Gasteiger partial charge in [0.05, 0.1) is 23.9 Å². The number of nitrogens with one attached hydrogen (secondary N) is 1. The number of rotatable bonds is 10. The van der Waals surface area contributed by atoms with E-state index >= 15 is 0 Å². The second kappa shape index (κ2) is 11.5. The third-order valence-electron chi connectivity index (χ3n) is 5.43. The van der Waals surface area contributed by atoms with Crippen LogP contribution in [0.25, 0.3) is 0 Å². The number of carbonyl (C=O) groups is 1. The normalized spacial score (nSPS) is 13.7. The Labute approximate surface area is 215 Å². The summed E-state index contributed by atoms with van der Waals surface area (Å²) in [5, 5.41) is 3.99. The molecule has 3 aromatic rings. The van der Waals surface area contributed by atoms with Crippen LogP contribution in [0.15, 0.2) is 82.8 Å². The van der Waals surface area contributed by atoms with Crippen LogP contribution in [0, 0.1) is 6.92 Å². The standard InChI is InChI=1S/C26H27N3O5S2/c1-19-6-12-25(13-7-19)36(31,32)29(21-4-3-5-23(14-21)33-2)16-26(30)28-27-15-20-8-10-22(11-9-20)34-24-17-35-18-24/h3-15,24H,16-18H2,1-2H3,(H,28,30)/b27-15-. The number of anilines is 1. The number of nitrogens with zero attached hydrogens (tertiary/aromatic N) is 2. The van der Waals surface area contributed by atoms with Gasteiger partial charge in [-0.3, -0.25) is 9.10 Å². The number of thioether (sulfide) groups is 1. The van der Waals surface area contributed by atoms with Crippen molar-refractivity contribution in [1.82, 2.24) is 5.43 Å². The van der Waals surface area contributed by atoms with Crippen LogP contribution in [0.3, 0.4) is 0 Å². The van der Waals surface area contributed by atoms with Gasteiger partial charge in [-0.1, -0.05) is 23.8 Å². The Morgan fingerprint density at radius 3 is 2.44 bits per heavy atom. The molecule has 0 bridgehead atoms. The van der Waals surface area contributed by atoms with Crippen LogP contribution in [0.4, 0.5) is 5.69 Å². The number of sulfonamides is 1. The zero-order chi connectivity index (χ0) is 25.5. The molecule has 0 aliphatic carbocycles. The van der Waals surface area contributed by atoms with Crippen LogP contribution in [0.1, 0.15) is 11.1 Å². The van der Waals surface area contributed by atoms with Crippen molar-refractivity contribution in [2.75, 3.05) is 29.5 Å². The summed E-state index contributed by atoms with van der Waals surface area (Å²) in [5.74, 6) is 2.67. The molecule has 1 saturated heterocycles. The summed E-state index contributed by atoms with van der Waals surface area (Å²) in [4.78, 5) is 12.8. The Kier molecular flexibility index (Phi) is 8.17. The minimum Gasteiger partial charge on any atom is -0.497 e. The molecule has 8 nitrogen and oxygen atoms in total. The van der Waals surface area contributed by atoms with Gasteiger partial charge in [0, 0.05) is 17.6 Å². The lowest BCUT2D eigenvalue weighted by Gasteiger charge is -2.25. The van der Waals surface area contributed by atoms with E-state index in [0.717, 1.165) is 32.7 Å². The van der Waals surface area contributed by atoms with Crippen molar-refractivity contribution in [3.05, 3.63) is 83.9 Å². The molecule has 1 aliphatic heterocycles. The number of hydrazone groups is 1. The van der Waals surface area contributed by atoms with Crippen LogP contribution in [0.2, 0.25) is 0 Å². The molecular formula is C26H27N3O5S2. The van der Waals surface area contributed by atoms with Crippen molar-refractivity contribution in [1.29, 1.82) is 0 Å². The molecule has 36 heavy (non-hydrogen) atoms. The van der Waals surface area contributed by atoms with E-state index in [1.54, 1.807) is 36.4 Å². The Hall–Kier alpha value is -3.50. The van der Waals surface area contributed by atoms with Crippen molar-refractivity contribution in [3.8, 4) is 11.5 Å². The average Bonchev–Trinajstić information content (AvgIpc) is 2.86. The number of amides is 1. The lowest BCUT2D eigenvalue weighted by atomic mass is 10.2. The molecule has 1 aliphatic rings. The summed E-state index contributed by atoms with van der Waals surface area (Å²) >= 11 is 1.85. The number of benzene rings is 3. The maximum Gasteiger partial charge on any atom is 0.264 e. The molecule has 4 rings (SSSR count). The van der Waals surface area contributed by atoms with Gasteiger partial charge >= 0.3 is 0 Å². The fourth-order valence-electron chi connectivity index (χ4n) is 3.37. The zero-order valence-electron chi connectivity index (χ0n) is 20.0. The number of carbonyl (C=O) groups excluding carboxylic acids is 1. The van der Waals surface area contributed by atoms with Gasteiger partial charge in [0.15, 0.2) is 0 Å². The molecule has 0 unspecified atom stereocenters. The third-order valence-corrected chi connectivity index (χ3v) is 8.43. The molecular weight excluding hydrogens is 498 g/mol. The molecule has 1 N–H and O–H groups in total. The maximum absolute atomic E-state index is 13.5. The van der Waals surface area contributed by atoms with Gasteiger partial charge < -0.3 is 9.47 Å². The first-order chi connectivity index (χ1) is 17.3. The quantitative estimate of drug-likeness (QED) is 0.319. The SMILES string of the molecule is COc1cccc(N(CC(=O)N/N=C\c2ccc(OC3CSC3)cc2)S(=O)(=O)c2ccc(C)cc2)c1. The minimum atomic E-state index is -4.03. The van der Waals surface area contributed by atoms with Crippen LogP contribution in [0.5, 0.6) is 11.5 Å². The first-order valence-electron chi connectivity index (χ1n) is 11.2. The highest BCUT2D eigenvalue weighted by molar-refractivity contribution is 8.00. The Bertz CT molecular complexity index is 1320. The zero-order valence-corrected chi connectivity index (χ0v) is 21.6. The van der Waals surface area contributed by atoms with E-state index in [0.29, 0.717) is 11.4 Å². The van der Waals surface area contributed by atoms with Crippen molar-refractivity contribution >= 4 is 39.6 Å². The second-order valence-electron chi connectivity index (χ2n) is 8.17. The van der Waals surface area contributed by atoms with E-state index in [9.17, 15) is 13.2 Å². The van der Waals surface area contributed by atoms with Gasteiger partial charge in [0.2, 0.25) is 0 Å². The van der Waals surface area contributed by atoms with Crippen LogP contribution in [-0.2, 0) is 14.8 Å². The Morgan fingerprint density at radius 2 is 1.81 bits per heavy atom. The third kappa shape index (κ3) is 6.38. The van der Waals surface area contributed by atoms with Crippen LogP contribution in [-0.4, -0.2) is 51.8 Å². The van der Waals surface area contributed by atoms with E-state index in [1.165, 1.54) is 25.5 Å². The second-order valence-corrected chi connectivity index (χ2v) is 11.1. The molecule has 188 valence electrons. The smallest absolute Gasteiger partial charge is 0.264 e. The van der Waals surface area contributed by atoms with Crippen LogP contribution < -0.4 is 19.2 Å². The Morgan fingerprint density at radius 1 is 1.08 bits per heavy atom. The maximum atomic E-state index is 13.5. The summed E-state index contributed by atoms with van der Waals surface area (Å²) in [7, 11) is -2.54. The molecule has 1 fully saturated rings. The average molecular weight is 526 g/mol. The van der Waals surface area contributed by atoms with Gasteiger partial charge in [-0.05, 0) is 61.0 Å². The van der Waals surface area contributed by atoms with Gasteiger partial charge in [0.1, 0.15) is 24.1 Å². The van der Waals surface area contributed by atoms with E-state index in [2.05, 4.69) is 10.5 Å². The lowest BCUT2D eigenvalue weighted by Crippen LogP contribution is -2.39. The molecule has 0 spiro atoms. The summed E-state index contributed by atoms with van der Waals surface area (Å²) < 4.78 is 39.0. The molecule has 1 amide bonds. The number of methoxy groups -OCH3 is 1. The molecule has 0 radical (unpaired) electrons.